The molecule has 36 heavy (non-hydrogen) atoms. The number of hydrogen-bond donors (Lipinski definition) is 0. The van der Waals surface area contributed by atoms with Gasteiger partial charge in [-0.2, -0.15) is 0 Å². The Bertz CT molecular complexity index is 1220. The molecule has 3 aliphatic heterocycles. The summed E-state index contributed by atoms with van der Waals surface area (Å²) in [5.41, 5.74) is 3.13. The maximum atomic E-state index is 13.6. The van der Waals surface area contributed by atoms with Crippen LogP contribution in [0.1, 0.15) is 36.8 Å². The van der Waals surface area contributed by atoms with Gasteiger partial charge in [-0.25, -0.2) is 4.98 Å². The van der Waals surface area contributed by atoms with Gasteiger partial charge in [0.15, 0.2) is 0 Å². The molecule has 2 unspecified atom stereocenters. The Morgan fingerprint density at radius 1 is 1.08 bits per heavy atom. The number of hydrogen-bond acceptors (Lipinski definition) is 4. The number of morpholine rings is 1. The van der Waals surface area contributed by atoms with Crippen molar-refractivity contribution in [1.82, 2.24) is 19.4 Å². The summed E-state index contributed by atoms with van der Waals surface area (Å²) in [7, 11) is 0. The van der Waals surface area contributed by atoms with Gasteiger partial charge in [-0.15, -0.1) is 0 Å². The lowest BCUT2D eigenvalue weighted by molar-refractivity contribution is -0.133. The largest absolute Gasteiger partial charge is 0.379 e. The van der Waals surface area contributed by atoms with E-state index in [-0.39, 0.29) is 5.91 Å². The number of amides is 1. The number of imidazole rings is 1. The molecule has 188 valence electrons. The number of benzene rings is 2. The summed E-state index contributed by atoms with van der Waals surface area (Å²) < 4.78 is 8.84. The van der Waals surface area contributed by atoms with E-state index in [1.807, 2.05) is 6.20 Å². The number of likely N-dealkylation sites (tertiary alicyclic amines) is 1. The second-order valence-corrected chi connectivity index (χ2v) is 11.2. The number of ether oxygens (including phenoxy) is 1. The van der Waals surface area contributed by atoms with Gasteiger partial charge < -0.3 is 14.2 Å². The number of rotatable bonds is 6. The van der Waals surface area contributed by atoms with Crippen molar-refractivity contribution in [2.45, 2.75) is 31.2 Å². The van der Waals surface area contributed by atoms with Crippen LogP contribution < -0.4 is 0 Å². The first-order valence-corrected chi connectivity index (χ1v) is 13.9. The summed E-state index contributed by atoms with van der Waals surface area (Å²) in [6, 6.07) is 17.1. The Morgan fingerprint density at radius 3 is 2.72 bits per heavy atom. The standard InChI is InChI=1S/C29H33BrN4O2/c30-24-9-7-23(8-10-24)29(26-6-2-1-5-25(26)28-31-13-15-34(28)29)12-11-27(35)33-14-3-4-22(21-33)20-32-16-18-36-19-17-32/h1-2,5-10,13,15,22H,3-4,11-12,14,16-21H2. The zero-order valence-electron chi connectivity index (χ0n) is 20.6. The molecule has 3 aliphatic rings. The Labute approximate surface area is 221 Å². The van der Waals surface area contributed by atoms with Gasteiger partial charge in [0, 0.05) is 61.6 Å². The van der Waals surface area contributed by atoms with Gasteiger partial charge in [0.25, 0.3) is 0 Å². The minimum Gasteiger partial charge on any atom is -0.379 e. The van der Waals surface area contributed by atoms with Gasteiger partial charge >= 0.3 is 0 Å². The number of nitrogens with zero attached hydrogens (tertiary/aromatic N) is 4. The smallest absolute Gasteiger partial charge is 0.222 e. The number of carbonyl (C=O) groups excluding carboxylic acids is 1. The van der Waals surface area contributed by atoms with Crippen molar-refractivity contribution < 1.29 is 9.53 Å². The van der Waals surface area contributed by atoms with Gasteiger partial charge in [0.05, 0.1) is 18.8 Å². The van der Waals surface area contributed by atoms with Crippen molar-refractivity contribution in [3.63, 3.8) is 0 Å². The van der Waals surface area contributed by atoms with Crippen LogP contribution >= 0.6 is 15.9 Å². The van der Waals surface area contributed by atoms with Crippen molar-refractivity contribution in [1.29, 1.82) is 0 Å². The fraction of sp³-hybridized carbons (Fsp3) is 0.448. The van der Waals surface area contributed by atoms with Crippen LogP contribution in [0.2, 0.25) is 0 Å². The van der Waals surface area contributed by atoms with Crippen LogP contribution in [-0.4, -0.2) is 71.2 Å². The number of halogens is 1. The quantitative estimate of drug-likeness (QED) is 0.445. The summed E-state index contributed by atoms with van der Waals surface area (Å²) in [5, 5.41) is 0. The monoisotopic (exact) mass is 548 g/mol. The molecule has 1 aromatic heterocycles. The highest BCUT2D eigenvalue weighted by Gasteiger charge is 2.45. The lowest BCUT2D eigenvalue weighted by Crippen LogP contribution is -2.46. The molecule has 3 aromatic rings. The molecule has 0 aliphatic carbocycles. The van der Waals surface area contributed by atoms with Gasteiger partial charge in [0.2, 0.25) is 5.91 Å². The third kappa shape index (κ3) is 4.31. The molecule has 0 spiro atoms. The van der Waals surface area contributed by atoms with Crippen molar-refractivity contribution in [3.8, 4) is 11.4 Å². The third-order valence-electron chi connectivity index (χ3n) is 8.18. The molecule has 4 heterocycles. The summed E-state index contributed by atoms with van der Waals surface area (Å²) in [5.74, 6) is 1.79. The molecule has 2 aromatic carbocycles. The minimum absolute atomic E-state index is 0.268. The molecule has 2 atom stereocenters. The predicted molar refractivity (Wildman–Crippen MR) is 144 cm³/mol. The molecule has 0 radical (unpaired) electrons. The van der Waals surface area contributed by atoms with Crippen molar-refractivity contribution >= 4 is 21.8 Å². The summed E-state index contributed by atoms with van der Waals surface area (Å²) in [6.45, 7) is 6.48. The third-order valence-corrected chi connectivity index (χ3v) is 8.71. The van der Waals surface area contributed by atoms with E-state index < -0.39 is 5.54 Å². The number of fused-ring (bicyclic) bond motifs is 3. The molecule has 2 fully saturated rings. The van der Waals surface area contributed by atoms with Crippen molar-refractivity contribution in [2.24, 2.45) is 5.92 Å². The summed E-state index contributed by atoms with van der Waals surface area (Å²) in [4.78, 5) is 23.0. The van der Waals surface area contributed by atoms with E-state index in [2.05, 4.69) is 85.0 Å². The van der Waals surface area contributed by atoms with Gasteiger partial charge in [-0.3, -0.25) is 9.69 Å². The van der Waals surface area contributed by atoms with E-state index in [1.165, 1.54) is 17.5 Å². The van der Waals surface area contributed by atoms with Crippen LogP contribution in [0.3, 0.4) is 0 Å². The Hall–Kier alpha value is -2.48. The maximum Gasteiger partial charge on any atom is 0.222 e. The SMILES string of the molecule is O=C(CCC1(c2ccc(Br)cc2)c2ccccc2-c2nccn21)N1CCCC(CN2CCOCC2)C1. The van der Waals surface area contributed by atoms with Gasteiger partial charge in [0.1, 0.15) is 5.82 Å². The summed E-state index contributed by atoms with van der Waals surface area (Å²) in [6.07, 6.45) is 7.45. The molecular formula is C29H33BrN4O2. The highest BCUT2D eigenvalue weighted by Crippen LogP contribution is 2.49. The average Bonchev–Trinajstić information content (AvgIpc) is 3.50. The second-order valence-electron chi connectivity index (χ2n) is 10.3. The van der Waals surface area contributed by atoms with Crippen molar-refractivity contribution in [3.05, 3.63) is 76.5 Å². The Morgan fingerprint density at radius 2 is 1.89 bits per heavy atom. The Balaban J connectivity index is 1.24. The van der Waals surface area contributed by atoms with Crippen LogP contribution in [0.4, 0.5) is 0 Å². The molecule has 7 heteroatoms. The van der Waals surface area contributed by atoms with Crippen LogP contribution in [0.15, 0.2) is 65.4 Å². The van der Waals surface area contributed by atoms with Crippen LogP contribution in [0.5, 0.6) is 0 Å². The van der Waals surface area contributed by atoms with E-state index in [9.17, 15) is 4.79 Å². The predicted octanol–water partition coefficient (Wildman–Crippen LogP) is 4.77. The van der Waals surface area contributed by atoms with Gasteiger partial charge in [-0.05, 0) is 48.4 Å². The lowest BCUT2D eigenvalue weighted by atomic mass is 9.79. The molecule has 6 rings (SSSR count). The molecule has 0 saturated carbocycles. The van der Waals surface area contributed by atoms with E-state index in [1.54, 1.807) is 0 Å². The number of piperidine rings is 1. The normalized spacial score (nSPS) is 23.9. The first kappa shape index (κ1) is 23.9. The minimum atomic E-state index is -0.443. The fourth-order valence-electron chi connectivity index (χ4n) is 6.43. The first-order chi connectivity index (χ1) is 17.6. The molecule has 6 nitrogen and oxygen atoms in total. The second kappa shape index (κ2) is 10.1. The number of carbonyl (C=O) groups is 1. The highest BCUT2D eigenvalue weighted by atomic mass is 79.9. The van der Waals surface area contributed by atoms with Gasteiger partial charge in [-0.1, -0.05) is 52.3 Å². The Kier molecular flexibility index (Phi) is 6.71. The maximum absolute atomic E-state index is 13.6. The number of aromatic nitrogens is 2. The highest BCUT2D eigenvalue weighted by molar-refractivity contribution is 9.10. The summed E-state index contributed by atoms with van der Waals surface area (Å²) >= 11 is 3.59. The molecule has 0 N–H and O–H groups in total. The van der Waals surface area contributed by atoms with Crippen LogP contribution in [-0.2, 0) is 15.1 Å². The zero-order valence-corrected chi connectivity index (χ0v) is 22.2. The lowest BCUT2D eigenvalue weighted by Gasteiger charge is -2.38. The molecular weight excluding hydrogens is 516 g/mol. The zero-order chi connectivity index (χ0) is 24.5. The van der Waals surface area contributed by atoms with Crippen LogP contribution in [0.25, 0.3) is 11.4 Å². The van der Waals surface area contributed by atoms with E-state index in [0.717, 1.165) is 68.2 Å². The average molecular weight is 550 g/mol. The molecule has 1 amide bonds. The van der Waals surface area contributed by atoms with E-state index in [0.29, 0.717) is 18.8 Å². The fourth-order valence-corrected chi connectivity index (χ4v) is 6.70. The van der Waals surface area contributed by atoms with Crippen LogP contribution in [0, 0.1) is 5.92 Å². The first-order valence-electron chi connectivity index (χ1n) is 13.1. The molecule has 2 saturated heterocycles. The van der Waals surface area contributed by atoms with E-state index >= 15 is 0 Å². The van der Waals surface area contributed by atoms with E-state index in [4.69, 9.17) is 9.72 Å². The topological polar surface area (TPSA) is 50.6 Å². The molecule has 0 bridgehead atoms. The van der Waals surface area contributed by atoms with Crippen molar-refractivity contribution in [2.75, 3.05) is 45.9 Å².